The molecule has 0 aliphatic carbocycles. The number of carbonyl (C=O) groups excluding carboxylic acids is 2. The summed E-state index contributed by atoms with van der Waals surface area (Å²) >= 11 is 11.9. The second kappa shape index (κ2) is 6.67. The Bertz CT molecular complexity index is 933. The van der Waals surface area contributed by atoms with Gasteiger partial charge in [-0.1, -0.05) is 41.4 Å². The number of aromatic amines is 1. The van der Waals surface area contributed by atoms with E-state index < -0.39 is 12.1 Å². The van der Waals surface area contributed by atoms with Crippen molar-refractivity contribution >= 4 is 45.9 Å². The van der Waals surface area contributed by atoms with Gasteiger partial charge in [0.25, 0.3) is 0 Å². The molecule has 24 heavy (non-hydrogen) atoms. The number of halogens is 2. The largest absolute Gasteiger partial charge is 0.451 e. The molecule has 4 nitrogen and oxygen atoms in total. The van der Waals surface area contributed by atoms with Crippen LogP contribution in [0.5, 0.6) is 0 Å². The molecule has 1 atom stereocenters. The number of Topliss-reactive ketones (excluding diaryl/α,β-unsaturated/α-hetero) is 1. The zero-order valence-corrected chi connectivity index (χ0v) is 14.2. The van der Waals surface area contributed by atoms with Crippen LogP contribution in [-0.4, -0.2) is 22.8 Å². The number of benzene rings is 2. The lowest BCUT2D eigenvalue weighted by Gasteiger charge is -2.12. The van der Waals surface area contributed by atoms with Gasteiger partial charge in [-0.05, 0) is 31.2 Å². The number of aromatic nitrogens is 1. The van der Waals surface area contributed by atoms with Crippen molar-refractivity contribution in [3.8, 4) is 0 Å². The fourth-order valence-electron chi connectivity index (χ4n) is 2.43. The lowest BCUT2D eigenvalue weighted by molar-refractivity contribution is 0.0319. The van der Waals surface area contributed by atoms with E-state index in [1.165, 1.54) is 19.1 Å². The summed E-state index contributed by atoms with van der Waals surface area (Å²) in [5.41, 5.74) is 1.45. The molecule has 3 aromatic rings. The molecule has 0 spiro atoms. The Morgan fingerprint density at radius 3 is 2.62 bits per heavy atom. The molecule has 0 radical (unpaired) electrons. The lowest BCUT2D eigenvalue weighted by Crippen LogP contribution is -2.24. The van der Waals surface area contributed by atoms with Crippen LogP contribution in [0.4, 0.5) is 0 Å². The SMILES string of the molecule is C[C@H](OC(=O)c1cc(Cl)ccc1Cl)C(=O)c1c[nH]c2ccccc12. The first kappa shape index (κ1) is 16.6. The molecule has 3 rings (SSSR count). The smallest absolute Gasteiger partial charge is 0.340 e. The maximum atomic E-state index is 12.6. The van der Waals surface area contributed by atoms with Crippen LogP contribution in [0.3, 0.4) is 0 Å². The Kier molecular flexibility index (Phi) is 4.60. The van der Waals surface area contributed by atoms with Crippen molar-refractivity contribution in [3.05, 3.63) is 69.8 Å². The van der Waals surface area contributed by atoms with Crippen LogP contribution in [0.1, 0.15) is 27.6 Å². The van der Waals surface area contributed by atoms with E-state index in [1.807, 2.05) is 24.3 Å². The lowest BCUT2D eigenvalue weighted by atomic mass is 10.1. The van der Waals surface area contributed by atoms with Gasteiger partial charge in [0, 0.05) is 27.7 Å². The number of ether oxygens (including phenoxy) is 1. The van der Waals surface area contributed by atoms with Gasteiger partial charge in [-0.15, -0.1) is 0 Å². The number of rotatable bonds is 4. The third kappa shape index (κ3) is 3.16. The highest BCUT2D eigenvalue weighted by molar-refractivity contribution is 6.35. The van der Waals surface area contributed by atoms with Crippen molar-refractivity contribution in [1.29, 1.82) is 0 Å². The summed E-state index contributed by atoms with van der Waals surface area (Å²) < 4.78 is 5.26. The minimum absolute atomic E-state index is 0.128. The number of ketones is 1. The highest BCUT2D eigenvalue weighted by Crippen LogP contribution is 2.23. The summed E-state index contributed by atoms with van der Waals surface area (Å²) in [6, 6.07) is 11.9. The minimum atomic E-state index is -0.952. The standard InChI is InChI=1S/C18H13Cl2NO3/c1-10(24-18(23)13-8-11(19)6-7-15(13)20)17(22)14-9-21-16-5-3-2-4-12(14)16/h2-10,21H,1H3/t10-/m0/s1. The van der Waals surface area contributed by atoms with Crippen LogP contribution in [-0.2, 0) is 4.74 Å². The van der Waals surface area contributed by atoms with Gasteiger partial charge in [0.1, 0.15) is 0 Å². The summed E-state index contributed by atoms with van der Waals surface area (Å²) in [4.78, 5) is 27.8. The van der Waals surface area contributed by atoms with Crippen LogP contribution in [0.25, 0.3) is 10.9 Å². The Morgan fingerprint density at radius 1 is 1.08 bits per heavy atom. The maximum absolute atomic E-state index is 12.6. The minimum Gasteiger partial charge on any atom is -0.451 e. The van der Waals surface area contributed by atoms with Crippen molar-refractivity contribution in [2.45, 2.75) is 13.0 Å². The van der Waals surface area contributed by atoms with E-state index in [1.54, 1.807) is 12.3 Å². The Morgan fingerprint density at radius 2 is 1.83 bits per heavy atom. The third-order valence-corrected chi connectivity index (χ3v) is 4.22. The number of esters is 1. The number of carbonyl (C=O) groups is 2. The molecule has 0 bridgehead atoms. The number of fused-ring (bicyclic) bond motifs is 1. The van der Waals surface area contributed by atoms with Crippen LogP contribution >= 0.6 is 23.2 Å². The average Bonchev–Trinajstić information content (AvgIpc) is 3.00. The molecule has 0 fully saturated rings. The van der Waals surface area contributed by atoms with Gasteiger partial charge in [0.2, 0.25) is 5.78 Å². The molecule has 6 heteroatoms. The van der Waals surface area contributed by atoms with Crippen molar-refractivity contribution in [2.75, 3.05) is 0 Å². The van der Waals surface area contributed by atoms with Gasteiger partial charge in [0.15, 0.2) is 6.10 Å². The molecule has 1 N–H and O–H groups in total. The van der Waals surface area contributed by atoms with Crippen molar-refractivity contribution < 1.29 is 14.3 Å². The zero-order chi connectivity index (χ0) is 17.3. The van der Waals surface area contributed by atoms with E-state index in [0.717, 1.165) is 10.9 Å². The summed E-state index contributed by atoms with van der Waals surface area (Å²) in [7, 11) is 0. The van der Waals surface area contributed by atoms with Crippen molar-refractivity contribution in [3.63, 3.8) is 0 Å². The molecular formula is C18H13Cl2NO3. The summed E-state index contributed by atoms with van der Waals surface area (Å²) in [6.07, 6.45) is 0.663. The second-order valence-electron chi connectivity index (χ2n) is 5.28. The first-order valence-electron chi connectivity index (χ1n) is 7.23. The molecule has 1 aromatic heterocycles. The van der Waals surface area contributed by atoms with E-state index in [2.05, 4.69) is 4.98 Å². The van der Waals surface area contributed by atoms with Crippen LogP contribution < -0.4 is 0 Å². The first-order chi connectivity index (χ1) is 11.5. The summed E-state index contributed by atoms with van der Waals surface area (Å²) in [5, 5.41) is 1.37. The van der Waals surface area contributed by atoms with Gasteiger partial charge in [-0.25, -0.2) is 4.79 Å². The van der Waals surface area contributed by atoms with Crippen LogP contribution in [0, 0.1) is 0 Å². The fraction of sp³-hybridized carbons (Fsp3) is 0.111. The van der Waals surface area contributed by atoms with Gasteiger partial charge in [-0.3, -0.25) is 4.79 Å². The van der Waals surface area contributed by atoms with Crippen molar-refractivity contribution in [1.82, 2.24) is 4.98 Å². The molecule has 0 aliphatic heterocycles. The maximum Gasteiger partial charge on any atom is 0.340 e. The van der Waals surface area contributed by atoms with Crippen molar-refractivity contribution in [2.24, 2.45) is 0 Å². The second-order valence-corrected chi connectivity index (χ2v) is 6.13. The van der Waals surface area contributed by atoms with E-state index in [9.17, 15) is 9.59 Å². The van der Waals surface area contributed by atoms with E-state index >= 15 is 0 Å². The number of H-pyrrole nitrogens is 1. The molecule has 2 aromatic carbocycles. The summed E-state index contributed by atoms with van der Waals surface area (Å²) in [5.74, 6) is -0.984. The third-order valence-electron chi connectivity index (χ3n) is 3.66. The summed E-state index contributed by atoms with van der Waals surface area (Å²) in [6.45, 7) is 1.53. The van der Waals surface area contributed by atoms with E-state index in [4.69, 9.17) is 27.9 Å². The van der Waals surface area contributed by atoms with Gasteiger partial charge in [0.05, 0.1) is 10.6 Å². The Balaban J connectivity index is 1.81. The predicted molar refractivity (Wildman–Crippen MR) is 94.0 cm³/mol. The highest BCUT2D eigenvalue weighted by atomic mass is 35.5. The quantitative estimate of drug-likeness (QED) is 0.530. The van der Waals surface area contributed by atoms with Gasteiger partial charge < -0.3 is 9.72 Å². The number of hydrogen-bond donors (Lipinski definition) is 1. The molecule has 1 heterocycles. The topological polar surface area (TPSA) is 59.2 Å². The van der Waals surface area contributed by atoms with Crippen LogP contribution in [0.2, 0.25) is 10.0 Å². The Hall–Kier alpha value is -2.30. The molecule has 0 saturated carbocycles. The molecule has 0 saturated heterocycles. The Labute approximate surface area is 148 Å². The molecule has 0 amide bonds. The molecule has 0 unspecified atom stereocenters. The zero-order valence-electron chi connectivity index (χ0n) is 12.7. The molecule has 122 valence electrons. The monoisotopic (exact) mass is 361 g/mol. The van der Waals surface area contributed by atoms with Crippen LogP contribution in [0.15, 0.2) is 48.7 Å². The van der Waals surface area contributed by atoms with Gasteiger partial charge in [-0.2, -0.15) is 0 Å². The fourth-order valence-corrected chi connectivity index (χ4v) is 2.79. The number of hydrogen-bond acceptors (Lipinski definition) is 3. The normalized spacial score (nSPS) is 12.1. The number of nitrogens with one attached hydrogen (secondary N) is 1. The van der Waals surface area contributed by atoms with E-state index in [-0.39, 0.29) is 16.4 Å². The predicted octanol–water partition coefficient (Wildman–Crippen LogP) is 4.90. The molecule has 0 aliphatic rings. The highest BCUT2D eigenvalue weighted by Gasteiger charge is 2.24. The molecular weight excluding hydrogens is 349 g/mol. The van der Waals surface area contributed by atoms with Gasteiger partial charge >= 0.3 is 5.97 Å². The number of para-hydroxylation sites is 1. The average molecular weight is 362 g/mol. The van der Waals surface area contributed by atoms with E-state index in [0.29, 0.717) is 10.6 Å². The first-order valence-corrected chi connectivity index (χ1v) is 7.99.